The topological polar surface area (TPSA) is 92.5 Å². The Morgan fingerprint density at radius 2 is 2.22 bits per heavy atom. The van der Waals surface area contributed by atoms with Crippen LogP contribution in [0.2, 0.25) is 0 Å². The fourth-order valence-corrected chi connectivity index (χ4v) is 1.41. The second-order valence-electron chi connectivity index (χ2n) is 4.19. The van der Waals surface area contributed by atoms with Crippen LogP contribution in [-0.2, 0) is 0 Å². The third-order valence-corrected chi connectivity index (χ3v) is 2.78. The van der Waals surface area contributed by atoms with Gasteiger partial charge >= 0.3 is 5.97 Å². The van der Waals surface area contributed by atoms with Crippen molar-refractivity contribution in [1.29, 1.82) is 0 Å². The van der Waals surface area contributed by atoms with Crippen molar-refractivity contribution in [3.63, 3.8) is 0 Å². The van der Waals surface area contributed by atoms with Crippen molar-refractivity contribution in [3.05, 3.63) is 33.9 Å². The normalized spacial score (nSPS) is 11.9. The number of hydrogen-bond acceptors (Lipinski definition) is 4. The van der Waals surface area contributed by atoms with Crippen molar-refractivity contribution in [2.75, 3.05) is 11.9 Å². The number of benzene rings is 1. The zero-order valence-corrected chi connectivity index (χ0v) is 10.3. The van der Waals surface area contributed by atoms with Gasteiger partial charge in [-0.1, -0.05) is 20.3 Å². The first kappa shape index (κ1) is 14.0. The molecule has 0 amide bonds. The Labute approximate surface area is 105 Å². The number of nitro benzene ring substituents is 1. The molecule has 0 heterocycles. The highest BCUT2D eigenvalue weighted by Gasteiger charge is 2.15. The van der Waals surface area contributed by atoms with E-state index in [1.54, 1.807) is 0 Å². The molecule has 6 heteroatoms. The lowest BCUT2D eigenvalue weighted by atomic mass is 10.1. The molecular weight excluding hydrogens is 236 g/mol. The van der Waals surface area contributed by atoms with E-state index in [4.69, 9.17) is 5.11 Å². The van der Waals surface area contributed by atoms with Gasteiger partial charge in [-0.2, -0.15) is 0 Å². The van der Waals surface area contributed by atoms with E-state index in [2.05, 4.69) is 5.32 Å². The molecule has 0 aliphatic rings. The molecule has 0 aliphatic heterocycles. The van der Waals surface area contributed by atoms with Crippen LogP contribution < -0.4 is 5.32 Å². The minimum absolute atomic E-state index is 0.0453. The maximum absolute atomic E-state index is 11.0. The number of hydrogen-bond donors (Lipinski definition) is 2. The Bertz CT molecular complexity index is 459. The standard InChI is InChI=1S/C12H16N2O4/c1-3-8(2)7-13-11-6-9(14(17)18)4-5-10(11)12(15)16/h4-6,8,13H,3,7H2,1-2H3,(H,15,16). The second kappa shape index (κ2) is 6.00. The van der Waals surface area contributed by atoms with Gasteiger partial charge in [0.05, 0.1) is 16.2 Å². The fourth-order valence-electron chi connectivity index (χ4n) is 1.41. The minimum atomic E-state index is -1.10. The Balaban J connectivity index is 3.00. The van der Waals surface area contributed by atoms with Crippen molar-refractivity contribution >= 4 is 17.3 Å². The van der Waals surface area contributed by atoms with Gasteiger partial charge in [0.1, 0.15) is 0 Å². The molecule has 1 rings (SSSR count). The lowest BCUT2D eigenvalue weighted by Gasteiger charge is -2.13. The lowest BCUT2D eigenvalue weighted by Crippen LogP contribution is -2.13. The van der Waals surface area contributed by atoms with Gasteiger partial charge in [-0.25, -0.2) is 4.79 Å². The monoisotopic (exact) mass is 252 g/mol. The van der Waals surface area contributed by atoms with Crippen molar-refractivity contribution in [2.24, 2.45) is 5.92 Å². The van der Waals surface area contributed by atoms with Gasteiger partial charge in [-0.3, -0.25) is 10.1 Å². The molecule has 98 valence electrons. The van der Waals surface area contributed by atoms with Gasteiger partial charge in [-0.15, -0.1) is 0 Å². The Morgan fingerprint density at radius 1 is 1.56 bits per heavy atom. The summed E-state index contributed by atoms with van der Waals surface area (Å²) in [4.78, 5) is 21.1. The molecule has 1 aromatic rings. The number of nitrogens with one attached hydrogen (secondary N) is 1. The predicted octanol–water partition coefficient (Wildman–Crippen LogP) is 2.75. The molecule has 6 nitrogen and oxygen atoms in total. The molecular formula is C12H16N2O4. The number of aromatic carboxylic acids is 1. The first-order valence-corrected chi connectivity index (χ1v) is 5.71. The molecule has 0 bridgehead atoms. The molecule has 18 heavy (non-hydrogen) atoms. The molecule has 1 aromatic carbocycles. The molecule has 1 unspecified atom stereocenters. The number of carbonyl (C=O) groups is 1. The van der Waals surface area contributed by atoms with Crippen molar-refractivity contribution in [2.45, 2.75) is 20.3 Å². The molecule has 0 spiro atoms. The maximum atomic E-state index is 11.0. The number of rotatable bonds is 6. The quantitative estimate of drug-likeness (QED) is 0.599. The molecule has 0 aliphatic carbocycles. The Morgan fingerprint density at radius 3 is 2.72 bits per heavy atom. The summed E-state index contributed by atoms with van der Waals surface area (Å²) in [6.45, 7) is 4.63. The van der Waals surface area contributed by atoms with Crippen LogP contribution in [0.15, 0.2) is 18.2 Å². The number of carboxylic acid groups (broad SMARTS) is 1. The van der Waals surface area contributed by atoms with E-state index in [9.17, 15) is 14.9 Å². The van der Waals surface area contributed by atoms with Gasteiger partial charge in [0.2, 0.25) is 0 Å². The summed E-state index contributed by atoms with van der Waals surface area (Å²) in [6.07, 6.45) is 0.949. The van der Waals surface area contributed by atoms with E-state index in [-0.39, 0.29) is 16.9 Å². The number of non-ortho nitro benzene ring substituents is 1. The van der Waals surface area contributed by atoms with E-state index in [0.717, 1.165) is 6.42 Å². The summed E-state index contributed by atoms with van der Waals surface area (Å²) >= 11 is 0. The molecule has 1 atom stereocenters. The maximum Gasteiger partial charge on any atom is 0.337 e. The van der Waals surface area contributed by atoms with E-state index in [1.165, 1.54) is 18.2 Å². The summed E-state index contributed by atoms with van der Waals surface area (Å²) < 4.78 is 0. The summed E-state index contributed by atoms with van der Waals surface area (Å²) in [6, 6.07) is 3.70. The highest BCUT2D eigenvalue weighted by molar-refractivity contribution is 5.94. The van der Waals surface area contributed by atoms with E-state index >= 15 is 0 Å². The summed E-state index contributed by atoms with van der Waals surface area (Å²) in [5.74, 6) is -0.734. The number of carboxylic acids is 1. The Kier molecular flexibility index (Phi) is 4.65. The van der Waals surface area contributed by atoms with Crippen molar-refractivity contribution in [3.8, 4) is 0 Å². The van der Waals surface area contributed by atoms with E-state index < -0.39 is 10.9 Å². The molecule has 2 N–H and O–H groups in total. The van der Waals surface area contributed by atoms with Gasteiger partial charge in [-0.05, 0) is 12.0 Å². The molecule has 0 aromatic heterocycles. The Hall–Kier alpha value is -2.11. The van der Waals surface area contributed by atoms with Crippen molar-refractivity contribution in [1.82, 2.24) is 0 Å². The molecule has 0 fully saturated rings. The number of anilines is 1. The lowest BCUT2D eigenvalue weighted by molar-refractivity contribution is -0.384. The largest absolute Gasteiger partial charge is 0.478 e. The molecule has 0 saturated carbocycles. The van der Waals surface area contributed by atoms with Crippen LogP contribution in [0.25, 0.3) is 0 Å². The van der Waals surface area contributed by atoms with Crippen LogP contribution in [0.4, 0.5) is 11.4 Å². The van der Waals surface area contributed by atoms with Gasteiger partial charge in [0, 0.05) is 18.7 Å². The van der Waals surface area contributed by atoms with Gasteiger partial charge in [0.15, 0.2) is 0 Å². The van der Waals surface area contributed by atoms with Crippen LogP contribution >= 0.6 is 0 Å². The number of nitrogens with zero attached hydrogens (tertiary/aromatic N) is 1. The third kappa shape index (κ3) is 3.44. The van der Waals surface area contributed by atoms with Crippen LogP contribution in [0, 0.1) is 16.0 Å². The third-order valence-electron chi connectivity index (χ3n) is 2.78. The summed E-state index contributed by atoms with van der Waals surface area (Å²) in [5, 5.41) is 22.6. The highest BCUT2D eigenvalue weighted by atomic mass is 16.6. The number of nitro groups is 1. The van der Waals surface area contributed by atoms with Crippen LogP contribution in [0.5, 0.6) is 0 Å². The average Bonchev–Trinajstić information content (AvgIpc) is 2.35. The first-order chi connectivity index (χ1) is 8.45. The smallest absolute Gasteiger partial charge is 0.337 e. The van der Waals surface area contributed by atoms with Crippen molar-refractivity contribution < 1.29 is 14.8 Å². The van der Waals surface area contributed by atoms with Crippen LogP contribution in [0.3, 0.4) is 0 Å². The zero-order chi connectivity index (χ0) is 13.7. The first-order valence-electron chi connectivity index (χ1n) is 5.71. The molecule has 0 saturated heterocycles. The van der Waals surface area contributed by atoms with E-state index in [0.29, 0.717) is 12.5 Å². The summed E-state index contributed by atoms with van der Waals surface area (Å²) in [5.41, 5.74) is 0.215. The van der Waals surface area contributed by atoms with Gasteiger partial charge in [0.25, 0.3) is 5.69 Å². The second-order valence-corrected chi connectivity index (χ2v) is 4.19. The van der Waals surface area contributed by atoms with E-state index in [1.807, 2.05) is 13.8 Å². The minimum Gasteiger partial charge on any atom is -0.478 e. The predicted molar refractivity (Wildman–Crippen MR) is 68.0 cm³/mol. The van der Waals surface area contributed by atoms with Crippen LogP contribution in [-0.4, -0.2) is 22.5 Å². The molecule has 0 radical (unpaired) electrons. The fraction of sp³-hybridized carbons (Fsp3) is 0.417. The summed E-state index contributed by atoms with van der Waals surface area (Å²) in [7, 11) is 0. The highest BCUT2D eigenvalue weighted by Crippen LogP contribution is 2.23. The van der Waals surface area contributed by atoms with Crippen LogP contribution in [0.1, 0.15) is 30.6 Å². The average molecular weight is 252 g/mol. The van der Waals surface area contributed by atoms with Gasteiger partial charge < -0.3 is 10.4 Å². The SMILES string of the molecule is CCC(C)CNc1cc([N+](=O)[O-])ccc1C(=O)O. The zero-order valence-electron chi connectivity index (χ0n) is 10.3.